The van der Waals surface area contributed by atoms with E-state index in [1.807, 2.05) is 0 Å². The first-order chi connectivity index (χ1) is 8.63. The van der Waals surface area contributed by atoms with Crippen molar-refractivity contribution in [2.45, 2.75) is 31.7 Å². The fourth-order valence-electron chi connectivity index (χ4n) is 3.34. The Morgan fingerprint density at radius 1 is 1.44 bits per heavy atom. The summed E-state index contributed by atoms with van der Waals surface area (Å²) in [7, 11) is 0. The normalized spacial score (nSPS) is 29.4. The number of fused-ring (bicyclic) bond motifs is 2. The fraction of sp³-hybridized carbons (Fsp3) is 0.538. The van der Waals surface area contributed by atoms with Crippen molar-refractivity contribution in [2.24, 2.45) is 11.8 Å². The minimum Gasteiger partial charge on any atom is -0.478 e. The molecule has 4 N–H and O–H groups in total. The molecule has 5 nitrogen and oxygen atoms in total. The fourth-order valence-corrected chi connectivity index (χ4v) is 3.34. The molecule has 1 aromatic heterocycles. The third-order valence-electron chi connectivity index (χ3n) is 4.24. The second kappa shape index (κ2) is 4.15. The van der Waals surface area contributed by atoms with Crippen molar-refractivity contribution < 1.29 is 9.90 Å². The number of nitrogens with two attached hydrogens (primary N) is 1. The van der Waals surface area contributed by atoms with Crippen LogP contribution in [0.5, 0.6) is 0 Å². The van der Waals surface area contributed by atoms with E-state index in [1.165, 1.54) is 37.9 Å². The van der Waals surface area contributed by atoms with Crippen LogP contribution in [0.1, 0.15) is 36.0 Å². The first-order valence-electron chi connectivity index (χ1n) is 6.39. The van der Waals surface area contributed by atoms with Gasteiger partial charge in [-0.05, 0) is 37.2 Å². The summed E-state index contributed by atoms with van der Waals surface area (Å²) < 4.78 is 0. The van der Waals surface area contributed by atoms with Crippen molar-refractivity contribution in [3.8, 4) is 0 Å². The molecule has 0 saturated heterocycles. The Hall–Kier alpha value is -1.78. The minimum absolute atomic E-state index is 0.121. The van der Waals surface area contributed by atoms with Crippen LogP contribution in [0.15, 0.2) is 12.3 Å². The van der Waals surface area contributed by atoms with E-state index in [1.54, 1.807) is 0 Å². The Balaban J connectivity index is 1.77. The second-order valence-electron chi connectivity index (χ2n) is 5.39. The van der Waals surface area contributed by atoms with E-state index >= 15 is 0 Å². The van der Waals surface area contributed by atoms with E-state index in [-0.39, 0.29) is 11.3 Å². The topological polar surface area (TPSA) is 88.2 Å². The predicted octanol–water partition coefficient (Wildman–Crippen LogP) is 1.96. The molecule has 0 radical (unpaired) electrons. The summed E-state index contributed by atoms with van der Waals surface area (Å²) >= 11 is 0. The lowest BCUT2D eigenvalue weighted by molar-refractivity contribution is 0.0698. The molecule has 2 aliphatic rings. The zero-order valence-electron chi connectivity index (χ0n) is 10.1. The maximum Gasteiger partial charge on any atom is 0.337 e. The molecule has 1 heterocycles. The maximum absolute atomic E-state index is 11.0. The molecule has 3 atom stereocenters. The number of pyridine rings is 1. The SMILES string of the molecule is Nc1cnc(NC2CC3CCC2C3)cc1C(=O)O. The Morgan fingerprint density at radius 3 is 2.89 bits per heavy atom. The van der Waals surface area contributed by atoms with Gasteiger partial charge in [-0.2, -0.15) is 0 Å². The molecular weight excluding hydrogens is 230 g/mol. The largest absolute Gasteiger partial charge is 0.478 e. The van der Waals surface area contributed by atoms with Crippen molar-refractivity contribution in [3.05, 3.63) is 17.8 Å². The molecule has 1 aromatic rings. The van der Waals surface area contributed by atoms with Gasteiger partial charge in [-0.15, -0.1) is 0 Å². The van der Waals surface area contributed by atoms with Gasteiger partial charge < -0.3 is 16.2 Å². The minimum atomic E-state index is -1.01. The molecule has 0 amide bonds. The van der Waals surface area contributed by atoms with Gasteiger partial charge in [0.2, 0.25) is 0 Å². The number of nitrogen functional groups attached to an aromatic ring is 1. The number of rotatable bonds is 3. The molecule has 5 heteroatoms. The summed E-state index contributed by atoms with van der Waals surface area (Å²) in [5, 5.41) is 12.4. The van der Waals surface area contributed by atoms with Gasteiger partial charge in [-0.3, -0.25) is 0 Å². The lowest BCUT2D eigenvalue weighted by Crippen LogP contribution is -2.26. The van der Waals surface area contributed by atoms with Crippen LogP contribution in [-0.4, -0.2) is 22.1 Å². The molecule has 18 heavy (non-hydrogen) atoms. The number of carboxylic acid groups (broad SMARTS) is 1. The molecule has 2 bridgehead atoms. The number of nitrogens with zero attached hydrogens (tertiary/aromatic N) is 1. The van der Waals surface area contributed by atoms with Crippen LogP contribution >= 0.6 is 0 Å². The summed E-state index contributed by atoms with van der Waals surface area (Å²) in [6.07, 6.45) is 6.53. The summed E-state index contributed by atoms with van der Waals surface area (Å²) in [6.45, 7) is 0. The number of aromatic carboxylic acids is 1. The molecule has 2 aliphatic carbocycles. The van der Waals surface area contributed by atoms with Crippen LogP contribution in [0.25, 0.3) is 0 Å². The zero-order chi connectivity index (χ0) is 12.7. The second-order valence-corrected chi connectivity index (χ2v) is 5.39. The van der Waals surface area contributed by atoms with Crippen LogP contribution in [0.4, 0.5) is 11.5 Å². The quantitative estimate of drug-likeness (QED) is 0.760. The Labute approximate surface area is 105 Å². The monoisotopic (exact) mass is 247 g/mol. The van der Waals surface area contributed by atoms with E-state index < -0.39 is 5.97 Å². The lowest BCUT2D eigenvalue weighted by Gasteiger charge is -2.23. The van der Waals surface area contributed by atoms with E-state index in [2.05, 4.69) is 10.3 Å². The number of anilines is 2. The summed E-state index contributed by atoms with van der Waals surface area (Å²) in [4.78, 5) is 15.2. The number of hydrogen-bond acceptors (Lipinski definition) is 4. The smallest absolute Gasteiger partial charge is 0.337 e. The van der Waals surface area contributed by atoms with Crippen molar-refractivity contribution in [1.82, 2.24) is 4.98 Å². The van der Waals surface area contributed by atoms with Crippen molar-refractivity contribution >= 4 is 17.5 Å². The molecular formula is C13H17N3O2. The lowest BCUT2D eigenvalue weighted by atomic mass is 9.95. The van der Waals surface area contributed by atoms with E-state index in [0.717, 1.165) is 11.8 Å². The van der Waals surface area contributed by atoms with Gasteiger partial charge in [0.25, 0.3) is 0 Å². The summed E-state index contributed by atoms with van der Waals surface area (Å²) in [5.74, 6) is 1.19. The number of nitrogens with one attached hydrogen (secondary N) is 1. The molecule has 3 unspecified atom stereocenters. The van der Waals surface area contributed by atoms with Crippen LogP contribution in [0, 0.1) is 11.8 Å². The molecule has 0 aliphatic heterocycles. The maximum atomic E-state index is 11.0. The van der Waals surface area contributed by atoms with Gasteiger partial charge in [0.1, 0.15) is 5.82 Å². The first kappa shape index (κ1) is 11.3. The van der Waals surface area contributed by atoms with E-state index in [4.69, 9.17) is 10.8 Å². The Kier molecular flexibility index (Phi) is 2.61. The van der Waals surface area contributed by atoms with Gasteiger partial charge in [0.05, 0.1) is 17.4 Å². The average molecular weight is 247 g/mol. The van der Waals surface area contributed by atoms with E-state index in [9.17, 15) is 4.79 Å². The summed E-state index contributed by atoms with van der Waals surface area (Å²) in [6, 6.07) is 1.98. The molecule has 3 rings (SSSR count). The van der Waals surface area contributed by atoms with Crippen molar-refractivity contribution in [3.63, 3.8) is 0 Å². The number of carboxylic acids is 1. The molecule has 0 spiro atoms. The molecule has 96 valence electrons. The predicted molar refractivity (Wildman–Crippen MR) is 68.5 cm³/mol. The summed E-state index contributed by atoms with van der Waals surface area (Å²) in [5.41, 5.74) is 5.92. The number of carbonyl (C=O) groups is 1. The van der Waals surface area contributed by atoms with Crippen molar-refractivity contribution in [1.29, 1.82) is 0 Å². The molecule has 2 saturated carbocycles. The Bertz CT molecular complexity index is 489. The van der Waals surface area contributed by atoms with Crippen molar-refractivity contribution in [2.75, 3.05) is 11.1 Å². The third-order valence-corrected chi connectivity index (χ3v) is 4.24. The van der Waals surface area contributed by atoms with Gasteiger partial charge in [-0.1, -0.05) is 6.42 Å². The highest BCUT2D eigenvalue weighted by Gasteiger charge is 2.39. The zero-order valence-corrected chi connectivity index (χ0v) is 10.1. The molecule has 0 aromatic carbocycles. The van der Waals surface area contributed by atoms with Gasteiger partial charge in [0.15, 0.2) is 0 Å². The number of aromatic nitrogens is 1. The standard InChI is InChI=1S/C13H17N3O2/c14-10-6-15-12(5-9(10)13(17)18)16-11-4-7-1-2-8(11)3-7/h5-8,11H,1-4,14H2,(H,15,16)(H,17,18). The van der Waals surface area contributed by atoms with Gasteiger partial charge in [0, 0.05) is 6.04 Å². The molecule has 2 fully saturated rings. The Morgan fingerprint density at radius 2 is 2.28 bits per heavy atom. The van der Waals surface area contributed by atoms with Crippen LogP contribution in [0.3, 0.4) is 0 Å². The highest BCUT2D eigenvalue weighted by Crippen LogP contribution is 2.45. The van der Waals surface area contributed by atoms with Crippen LogP contribution in [0.2, 0.25) is 0 Å². The highest BCUT2D eigenvalue weighted by atomic mass is 16.4. The van der Waals surface area contributed by atoms with Gasteiger partial charge >= 0.3 is 5.97 Å². The van der Waals surface area contributed by atoms with E-state index in [0.29, 0.717) is 11.9 Å². The van der Waals surface area contributed by atoms with Gasteiger partial charge in [-0.25, -0.2) is 9.78 Å². The average Bonchev–Trinajstić information content (AvgIpc) is 2.93. The third kappa shape index (κ3) is 1.89. The number of hydrogen-bond donors (Lipinski definition) is 3. The van der Waals surface area contributed by atoms with Crippen LogP contribution in [-0.2, 0) is 0 Å². The highest BCUT2D eigenvalue weighted by molar-refractivity contribution is 5.94. The van der Waals surface area contributed by atoms with Crippen LogP contribution < -0.4 is 11.1 Å². The first-order valence-corrected chi connectivity index (χ1v) is 6.39.